The molecule has 7 heteroatoms. The molecule has 0 aliphatic heterocycles. The third kappa shape index (κ3) is 5.18. The van der Waals surface area contributed by atoms with E-state index in [0.717, 1.165) is 11.3 Å². The van der Waals surface area contributed by atoms with Crippen molar-refractivity contribution in [3.05, 3.63) is 82.2 Å². The molecule has 1 heterocycles. The molecule has 0 fully saturated rings. The van der Waals surface area contributed by atoms with Gasteiger partial charge in [0.15, 0.2) is 0 Å². The maximum Gasteiger partial charge on any atom is 0.271 e. The Labute approximate surface area is 161 Å². The number of benzene rings is 2. The number of aromatic nitrogens is 2. The van der Waals surface area contributed by atoms with Gasteiger partial charge in [-0.1, -0.05) is 41.4 Å². The number of carbonyl (C=O) groups excluding carboxylic acids is 1. The Balaban J connectivity index is 1.53. The first kappa shape index (κ1) is 18.2. The molecule has 0 spiro atoms. The van der Waals surface area contributed by atoms with E-state index in [4.69, 9.17) is 23.2 Å². The summed E-state index contributed by atoms with van der Waals surface area (Å²) >= 11 is 11.9. The molecule has 0 unspecified atom stereocenters. The number of anilines is 2. The van der Waals surface area contributed by atoms with Crippen LogP contribution in [-0.4, -0.2) is 22.4 Å². The molecule has 0 bridgehead atoms. The van der Waals surface area contributed by atoms with E-state index < -0.39 is 0 Å². The number of carbonyl (C=O) groups is 1. The number of rotatable bonds is 6. The van der Waals surface area contributed by atoms with Gasteiger partial charge in [-0.15, -0.1) is 0 Å². The normalized spacial score (nSPS) is 10.4. The Hall–Kier alpha value is -2.63. The highest BCUT2D eigenvalue weighted by Gasteiger charge is 2.08. The first-order valence-corrected chi connectivity index (χ1v) is 8.73. The standard InChI is InChI=1S/C19H16Cl2N4O/c20-14-4-1-3-13(9-14)7-8-22-19(26)17-11-24-18(12-23-17)25-16-6-2-5-15(21)10-16/h1-6,9-12H,7-8H2,(H,22,26)(H,24,25). The van der Waals surface area contributed by atoms with Gasteiger partial charge < -0.3 is 10.6 Å². The number of nitrogens with one attached hydrogen (secondary N) is 2. The summed E-state index contributed by atoms with van der Waals surface area (Å²) < 4.78 is 0. The molecule has 5 nitrogen and oxygen atoms in total. The second-order valence-corrected chi connectivity index (χ2v) is 6.43. The maximum absolute atomic E-state index is 12.1. The fourth-order valence-electron chi connectivity index (χ4n) is 2.33. The van der Waals surface area contributed by atoms with Crippen LogP contribution in [0.3, 0.4) is 0 Å². The quantitative estimate of drug-likeness (QED) is 0.654. The van der Waals surface area contributed by atoms with Gasteiger partial charge in [-0.05, 0) is 42.3 Å². The van der Waals surface area contributed by atoms with Crippen molar-refractivity contribution in [1.29, 1.82) is 0 Å². The predicted octanol–water partition coefficient (Wildman–Crippen LogP) is 4.50. The lowest BCUT2D eigenvalue weighted by molar-refractivity contribution is 0.0949. The maximum atomic E-state index is 12.1. The van der Waals surface area contributed by atoms with Crippen molar-refractivity contribution in [1.82, 2.24) is 15.3 Å². The lowest BCUT2D eigenvalue weighted by Gasteiger charge is -2.07. The summed E-state index contributed by atoms with van der Waals surface area (Å²) in [6, 6.07) is 14.8. The van der Waals surface area contributed by atoms with Crippen molar-refractivity contribution in [2.45, 2.75) is 6.42 Å². The topological polar surface area (TPSA) is 66.9 Å². The molecule has 3 rings (SSSR count). The number of hydrogen-bond donors (Lipinski definition) is 2. The molecule has 0 radical (unpaired) electrons. The molecule has 2 aromatic carbocycles. The SMILES string of the molecule is O=C(NCCc1cccc(Cl)c1)c1cnc(Nc2cccc(Cl)c2)cn1. The number of amides is 1. The van der Waals surface area contributed by atoms with Gasteiger partial charge in [-0.3, -0.25) is 4.79 Å². The van der Waals surface area contributed by atoms with E-state index in [2.05, 4.69) is 20.6 Å². The molecular weight excluding hydrogens is 371 g/mol. The summed E-state index contributed by atoms with van der Waals surface area (Å²) in [5.41, 5.74) is 2.11. The number of halogens is 2. The van der Waals surface area contributed by atoms with E-state index >= 15 is 0 Å². The minimum absolute atomic E-state index is 0.257. The lowest BCUT2D eigenvalue weighted by Crippen LogP contribution is -2.26. The van der Waals surface area contributed by atoms with Gasteiger partial charge in [-0.2, -0.15) is 0 Å². The van der Waals surface area contributed by atoms with Gasteiger partial charge in [0, 0.05) is 22.3 Å². The molecular formula is C19H16Cl2N4O. The van der Waals surface area contributed by atoms with E-state index in [1.54, 1.807) is 12.1 Å². The van der Waals surface area contributed by atoms with Crippen molar-refractivity contribution in [2.75, 3.05) is 11.9 Å². The van der Waals surface area contributed by atoms with Crippen LogP contribution in [0.5, 0.6) is 0 Å². The monoisotopic (exact) mass is 386 g/mol. The molecule has 0 saturated carbocycles. The lowest BCUT2D eigenvalue weighted by atomic mass is 10.1. The van der Waals surface area contributed by atoms with E-state index in [1.165, 1.54) is 12.4 Å². The molecule has 26 heavy (non-hydrogen) atoms. The van der Waals surface area contributed by atoms with Crippen molar-refractivity contribution in [2.24, 2.45) is 0 Å². The molecule has 0 atom stereocenters. The summed E-state index contributed by atoms with van der Waals surface area (Å²) in [7, 11) is 0. The van der Waals surface area contributed by atoms with Gasteiger partial charge >= 0.3 is 0 Å². The molecule has 1 amide bonds. The Morgan fingerprint density at radius 3 is 2.42 bits per heavy atom. The van der Waals surface area contributed by atoms with E-state index in [-0.39, 0.29) is 11.6 Å². The predicted molar refractivity (Wildman–Crippen MR) is 104 cm³/mol. The average Bonchev–Trinajstić information content (AvgIpc) is 2.62. The highest BCUT2D eigenvalue weighted by Crippen LogP contribution is 2.18. The van der Waals surface area contributed by atoms with Crippen molar-refractivity contribution in [3.8, 4) is 0 Å². The van der Waals surface area contributed by atoms with Crippen LogP contribution in [0.1, 0.15) is 16.1 Å². The zero-order chi connectivity index (χ0) is 18.4. The Bertz CT molecular complexity index is 900. The van der Waals surface area contributed by atoms with Crippen LogP contribution in [-0.2, 0) is 6.42 Å². The summed E-state index contributed by atoms with van der Waals surface area (Å²) in [6.07, 6.45) is 3.63. The van der Waals surface area contributed by atoms with Gasteiger partial charge in [0.2, 0.25) is 0 Å². The number of hydrogen-bond acceptors (Lipinski definition) is 4. The zero-order valence-electron chi connectivity index (χ0n) is 13.7. The Kier molecular flexibility index (Phi) is 6.04. The van der Waals surface area contributed by atoms with Gasteiger partial charge in [0.1, 0.15) is 11.5 Å². The van der Waals surface area contributed by atoms with E-state index in [1.807, 2.05) is 36.4 Å². The fraction of sp³-hybridized carbons (Fsp3) is 0.105. The smallest absolute Gasteiger partial charge is 0.271 e. The van der Waals surface area contributed by atoms with Crippen LogP contribution in [0, 0.1) is 0 Å². The molecule has 0 saturated heterocycles. The van der Waals surface area contributed by atoms with Crippen molar-refractivity contribution in [3.63, 3.8) is 0 Å². The van der Waals surface area contributed by atoms with Gasteiger partial charge in [0.25, 0.3) is 5.91 Å². The molecule has 0 aliphatic carbocycles. The summed E-state index contributed by atoms with van der Waals surface area (Å²) in [5.74, 6) is 0.261. The second kappa shape index (κ2) is 8.65. The van der Waals surface area contributed by atoms with Crippen LogP contribution in [0.4, 0.5) is 11.5 Å². The third-order valence-corrected chi connectivity index (χ3v) is 4.04. The molecule has 0 aliphatic rings. The van der Waals surface area contributed by atoms with Crippen molar-refractivity contribution >= 4 is 40.6 Å². The minimum atomic E-state index is -0.270. The molecule has 2 N–H and O–H groups in total. The Morgan fingerprint density at radius 2 is 1.73 bits per heavy atom. The van der Waals surface area contributed by atoms with Gasteiger partial charge in [0.05, 0.1) is 12.4 Å². The minimum Gasteiger partial charge on any atom is -0.350 e. The highest BCUT2D eigenvalue weighted by atomic mass is 35.5. The third-order valence-electron chi connectivity index (χ3n) is 3.57. The van der Waals surface area contributed by atoms with Crippen LogP contribution in [0.15, 0.2) is 60.9 Å². The average molecular weight is 387 g/mol. The summed E-state index contributed by atoms with van der Waals surface area (Å²) in [6.45, 7) is 0.489. The summed E-state index contributed by atoms with van der Waals surface area (Å²) in [5, 5.41) is 7.21. The van der Waals surface area contributed by atoms with Crippen LogP contribution in [0.25, 0.3) is 0 Å². The zero-order valence-corrected chi connectivity index (χ0v) is 15.3. The molecule has 132 valence electrons. The summed E-state index contributed by atoms with van der Waals surface area (Å²) in [4.78, 5) is 20.5. The largest absolute Gasteiger partial charge is 0.350 e. The van der Waals surface area contributed by atoms with E-state index in [0.29, 0.717) is 28.8 Å². The first-order chi connectivity index (χ1) is 12.6. The second-order valence-electron chi connectivity index (χ2n) is 5.56. The Morgan fingerprint density at radius 1 is 0.962 bits per heavy atom. The van der Waals surface area contributed by atoms with Crippen LogP contribution in [0.2, 0.25) is 10.0 Å². The molecule has 3 aromatic rings. The molecule has 1 aromatic heterocycles. The van der Waals surface area contributed by atoms with Crippen LogP contribution >= 0.6 is 23.2 Å². The number of nitrogens with zero attached hydrogens (tertiary/aromatic N) is 2. The van der Waals surface area contributed by atoms with Crippen LogP contribution < -0.4 is 10.6 Å². The van der Waals surface area contributed by atoms with E-state index in [9.17, 15) is 4.79 Å². The van der Waals surface area contributed by atoms with Gasteiger partial charge in [-0.25, -0.2) is 9.97 Å². The van der Waals surface area contributed by atoms with Crippen molar-refractivity contribution < 1.29 is 4.79 Å². The fourth-order valence-corrected chi connectivity index (χ4v) is 2.73. The first-order valence-electron chi connectivity index (χ1n) is 7.97. The highest BCUT2D eigenvalue weighted by molar-refractivity contribution is 6.31.